The van der Waals surface area contributed by atoms with Crippen LogP contribution >= 0.6 is 0 Å². The minimum absolute atomic E-state index is 0.774. The van der Waals surface area contributed by atoms with E-state index in [1.54, 1.807) is 12.7 Å². The molecule has 4 rings (SSSR count). The van der Waals surface area contributed by atoms with Crippen LogP contribution in [0.15, 0.2) is 36.4 Å². The first-order chi connectivity index (χ1) is 11.8. The molecule has 1 nitrogen and oxygen atoms in total. The maximum absolute atomic E-state index is 5.35. The Morgan fingerprint density at radius 3 is 2.46 bits per heavy atom. The van der Waals surface area contributed by atoms with Crippen molar-refractivity contribution in [1.82, 2.24) is 0 Å². The van der Waals surface area contributed by atoms with Gasteiger partial charge >= 0.3 is 0 Å². The molecule has 0 aliphatic heterocycles. The average molecular weight is 322 g/mol. The molecule has 0 aromatic heterocycles. The molecule has 2 aliphatic rings. The van der Waals surface area contributed by atoms with E-state index in [9.17, 15) is 0 Å². The zero-order valence-electron chi connectivity index (χ0n) is 15.1. The van der Waals surface area contributed by atoms with E-state index in [4.69, 9.17) is 4.74 Å². The summed E-state index contributed by atoms with van der Waals surface area (Å²) in [5, 5.41) is 2.64. The van der Waals surface area contributed by atoms with Crippen molar-refractivity contribution in [2.75, 3.05) is 7.11 Å². The molecule has 2 aliphatic carbocycles. The molecule has 0 saturated heterocycles. The first-order valence-electron chi connectivity index (χ1n) is 9.84. The van der Waals surface area contributed by atoms with Gasteiger partial charge in [0.05, 0.1) is 7.11 Å². The molecule has 0 spiro atoms. The highest BCUT2D eigenvalue weighted by Gasteiger charge is 2.35. The molecule has 2 aromatic carbocycles. The minimum Gasteiger partial charge on any atom is -0.497 e. The molecular weight excluding hydrogens is 292 g/mol. The van der Waals surface area contributed by atoms with Crippen molar-refractivity contribution in [2.45, 2.75) is 57.8 Å². The van der Waals surface area contributed by atoms with Gasteiger partial charge in [0.2, 0.25) is 0 Å². The Kier molecular flexibility index (Phi) is 4.52. The lowest BCUT2D eigenvalue weighted by atomic mass is 9.63. The molecule has 1 heteroatoms. The van der Waals surface area contributed by atoms with Crippen LogP contribution in [0, 0.1) is 17.8 Å². The normalized spacial score (nSPS) is 30.1. The highest BCUT2D eigenvalue weighted by molar-refractivity contribution is 5.84. The molecule has 2 fully saturated rings. The number of benzene rings is 2. The third-order valence-electron chi connectivity index (χ3n) is 6.84. The van der Waals surface area contributed by atoms with Crippen molar-refractivity contribution >= 4 is 10.8 Å². The summed E-state index contributed by atoms with van der Waals surface area (Å²) < 4.78 is 5.35. The van der Waals surface area contributed by atoms with Crippen molar-refractivity contribution in [2.24, 2.45) is 17.8 Å². The molecule has 0 heterocycles. The second kappa shape index (κ2) is 6.78. The topological polar surface area (TPSA) is 9.23 Å². The third kappa shape index (κ3) is 3.06. The lowest BCUT2D eigenvalue weighted by Gasteiger charge is -2.42. The van der Waals surface area contributed by atoms with Gasteiger partial charge in [-0.2, -0.15) is 0 Å². The number of rotatable bonds is 3. The molecule has 2 aromatic rings. The lowest BCUT2D eigenvalue weighted by molar-refractivity contribution is 0.116. The van der Waals surface area contributed by atoms with Crippen LogP contribution in [0.2, 0.25) is 0 Å². The number of fused-ring (bicyclic) bond motifs is 2. The van der Waals surface area contributed by atoms with Gasteiger partial charge in [0.25, 0.3) is 0 Å². The van der Waals surface area contributed by atoms with E-state index in [-0.39, 0.29) is 0 Å². The van der Waals surface area contributed by atoms with Crippen LogP contribution in [0.25, 0.3) is 10.8 Å². The van der Waals surface area contributed by atoms with Gasteiger partial charge in [-0.3, -0.25) is 0 Å². The standard InChI is InChI=1S/C23H30O/c1-3-16-4-5-18-13-19(7-6-17(18)12-16)20-8-9-22-15-23(24-2)11-10-21(22)14-20/h8-11,14-19H,3-7,12-13H2,1-2H3. The van der Waals surface area contributed by atoms with Crippen LogP contribution < -0.4 is 4.74 Å². The van der Waals surface area contributed by atoms with Gasteiger partial charge in [-0.05, 0) is 84.2 Å². The number of hydrogen-bond acceptors (Lipinski definition) is 1. The van der Waals surface area contributed by atoms with Crippen LogP contribution in [0.1, 0.15) is 63.4 Å². The molecule has 0 amide bonds. The maximum Gasteiger partial charge on any atom is 0.119 e. The molecule has 4 unspecified atom stereocenters. The van der Waals surface area contributed by atoms with Gasteiger partial charge in [-0.15, -0.1) is 0 Å². The Balaban J connectivity index is 1.51. The number of methoxy groups -OCH3 is 1. The van der Waals surface area contributed by atoms with E-state index in [0.29, 0.717) is 0 Å². The van der Waals surface area contributed by atoms with E-state index < -0.39 is 0 Å². The Morgan fingerprint density at radius 1 is 0.875 bits per heavy atom. The summed E-state index contributed by atoms with van der Waals surface area (Å²) in [7, 11) is 1.74. The van der Waals surface area contributed by atoms with Gasteiger partial charge < -0.3 is 4.74 Å². The number of ether oxygens (including phenoxy) is 1. The van der Waals surface area contributed by atoms with Crippen molar-refractivity contribution in [3.63, 3.8) is 0 Å². The third-order valence-corrected chi connectivity index (χ3v) is 6.84. The summed E-state index contributed by atoms with van der Waals surface area (Å²) in [6, 6.07) is 13.5. The van der Waals surface area contributed by atoms with Gasteiger partial charge in [-0.1, -0.05) is 44.0 Å². The van der Waals surface area contributed by atoms with Crippen LogP contribution in [-0.2, 0) is 0 Å². The lowest BCUT2D eigenvalue weighted by Crippen LogP contribution is -2.30. The predicted molar refractivity (Wildman–Crippen MR) is 102 cm³/mol. The summed E-state index contributed by atoms with van der Waals surface area (Å²) >= 11 is 0. The molecular formula is C23H30O. The molecule has 0 N–H and O–H groups in total. The molecule has 2 saturated carbocycles. The van der Waals surface area contributed by atoms with Crippen LogP contribution in [-0.4, -0.2) is 7.11 Å². The van der Waals surface area contributed by atoms with E-state index in [1.807, 2.05) is 0 Å². The quantitative estimate of drug-likeness (QED) is 0.622. The van der Waals surface area contributed by atoms with E-state index in [1.165, 1.54) is 55.7 Å². The van der Waals surface area contributed by atoms with Crippen molar-refractivity contribution < 1.29 is 4.74 Å². The fourth-order valence-corrected chi connectivity index (χ4v) is 5.28. The first-order valence-corrected chi connectivity index (χ1v) is 9.84. The average Bonchev–Trinajstić information content (AvgIpc) is 2.66. The minimum atomic E-state index is 0.774. The van der Waals surface area contributed by atoms with Crippen molar-refractivity contribution in [3.8, 4) is 5.75 Å². The van der Waals surface area contributed by atoms with E-state index in [2.05, 4.69) is 43.3 Å². The van der Waals surface area contributed by atoms with Gasteiger partial charge in [0.1, 0.15) is 5.75 Å². The largest absolute Gasteiger partial charge is 0.497 e. The highest BCUT2D eigenvalue weighted by Crippen LogP contribution is 2.48. The van der Waals surface area contributed by atoms with E-state index in [0.717, 1.165) is 29.4 Å². The molecule has 0 radical (unpaired) electrons. The van der Waals surface area contributed by atoms with Crippen LogP contribution in [0.3, 0.4) is 0 Å². The van der Waals surface area contributed by atoms with Crippen LogP contribution in [0.4, 0.5) is 0 Å². The summed E-state index contributed by atoms with van der Waals surface area (Å²) in [4.78, 5) is 0. The zero-order chi connectivity index (χ0) is 16.5. The second-order valence-electron chi connectivity index (χ2n) is 8.09. The Hall–Kier alpha value is -1.50. The maximum atomic E-state index is 5.35. The Labute approximate surface area is 146 Å². The summed E-state index contributed by atoms with van der Waals surface area (Å²) in [6.07, 6.45) is 10.1. The van der Waals surface area contributed by atoms with Crippen molar-refractivity contribution in [1.29, 1.82) is 0 Å². The SMILES string of the molecule is CCC1CCC2CC(c3ccc4cc(OC)ccc4c3)CCC2C1. The summed E-state index contributed by atoms with van der Waals surface area (Å²) in [6.45, 7) is 2.38. The molecule has 4 atom stereocenters. The number of hydrogen-bond donors (Lipinski definition) is 0. The van der Waals surface area contributed by atoms with Crippen LogP contribution in [0.5, 0.6) is 5.75 Å². The van der Waals surface area contributed by atoms with Gasteiger partial charge in [0.15, 0.2) is 0 Å². The summed E-state index contributed by atoms with van der Waals surface area (Å²) in [5.41, 5.74) is 1.56. The van der Waals surface area contributed by atoms with Crippen molar-refractivity contribution in [3.05, 3.63) is 42.0 Å². The Bertz CT molecular complexity index is 704. The molecule has 24 heavy (non-hydrogen) atoms. The summed E-state index contributed by atoms with van der Waals surface area (Å²) in [5.74, 6) is 4.74. The Morgan fingerprint density at radius 2 is 1.62 bits per heavy atom. The van der Waals surface area contributed by atoms with Gasteiger partial charge in [-0.25, -0.2) is 0 Å². The predicted octanol–water partition coefficient (Wildman–Crippen LogP) is 6.56. The van der Waals surface area contributed by atoms with E-state index >= 15 is 0 Å². The molecule has 0 bridgehead atoms. The fraction of sp³-hybridized carbons (Fsp3) is 0.565. The first kappa shape index (κ1) is 16.0. The zero-order valence-corrected chi connectivity index (χ0v) is 15.1. The smallest absolute Gasteiger partial charge is 0.119 e. The second-order valence-corrected chi connectivity index (χ2v) is 8.09. The monoisotopic (exact) mass is 322 g/mol. The molecule has 128 valence electrons. The van der Waals surface area contributed by atoms with Gasteiger partial charge in [0, 0.05) is 0 Å². The highest BCUT2D eigenvalue weighted by atomic mass is 16.5. The fourth-order valence-electron chi connectivity index (χ4n) is 5.28.